The van der Waals surface area contributed by atoms with E-state index in [9.17, 15) is 14.7 Å². The first-order valence-electron chi connectivity index (χ1n) is 6.68. The molecule has 2 heterocycles. The molecule has 1 saturated heterocycles. The first-order chi connectivity index (χ1) is 9.52. The molecule has 1 aliphatic rings. The summed E-state index contributed by atoms with van der Waals surface area (Å²) in [6.07, 6.45) is 3.82. The minimum atomic E-state index is -0.937. The number of piperidine rings is 1. The second kappa shape index (κ2) is 5.90. The standard InChI is InChI=1S/C14H19N3O3/c1-16(2)12-10(6-5-8-15-12)13(18)17-9-4-3-7-11(17)14(19)20/h5-6,8,11H,3-4,7,9H2,1-2H3,(H,19,20). The van der Waals surface area contributed by atoms with Gasteiger partial charge in [0.1, 0.15) is 11.9 Å². The van der Waals surface area contributed by atoms with Crippen LogP contribution in [0.5, 0.6) is 0 Å². The Balaban J connectivity index is 2.32. The Hall–Kier alpha value is -2.11. The summed E-state index contributed by atoms with van der Waals surface area (Å²) < 4.78 is 0. The molecule has 6 nitrogen and oxygen atoms in total. The fraction of sp³-hybridized carbons (Fsp3) is 0.500. The van der Waals surface area contributed by atoms with Gasteiger partial charge in [-0.25, -0.2) is 9.78 Å². The van der Waals surface area contributed by atoms with E-state index in [1.165, 1.54) is 4.90 Å². The molecule has 0 bridgehead atoms. The average molecular weight is 277 g/mol. The number of nitrogens with zero attached hydrogens (tertiary/aromatic N) is 3. The van der Waals surface area contributed by atoms with Gasteiger partial charge in [-0.3, -0.25) is 4.79 Å². The number of pyridine rings is 1. The zero-order valence-electron chi connectivity index (χ0n) is 11.7. The second-order valence-corrected chi connectivity index (χ2v) is 5.12. The Kier molecular flexibility index (Phi) is 4.22. The third-order valence-corrected chi connectivity index (χ3v) is 3.49. The van der Waals surface area contributed by atoms with Crippen LogP contribution in [0.3, 0.4) is 0 Å². The van der Waals surface area contributed by atoms with E-state index in [0.29, 0.717) is 24.3 Å². The van der Waals surface area contributed by atoms with E-state index in [0.717, 1.165) is 12.8 Å². The minimum Gasteiger partial charge on any atom is -0.480 e. The molecule has 1 aliphatic heterocycles. The fourth-order valence-corrected chi connectivity index (χ4v) is 2.51. The van der Waals surface area contributed by atoms with Crippen molar-refractivity contribution >= 4 is 17.7 Å². The summed E-state index contributed by atoms with van der Waals surface area (Å²) in [5, 5.41) is 9.26. The summed E-state index contributed by atoms with van der Waals surface area (Å²) in [5.41, 5.74) is 0.450. The first kappa shape index (κ1) is 14.3. The minimum absolute atomic E-state index is 0.256. The van der Waals surface area contributed by atoms with Crippen LogP contribution < -0.4 is 4.90 Å². The summed E-state index contributed by atoms with van der Waals surface area (Å²) in [7, 11) is 3.62. The van der Waals surface area contributed by atoms with E-state index in [4.69, 9.17) is 0 Å². The summed E-state index contributed by atoms with van der Waals surface area (Å²) in [6.45, 7) is 0.484. The molecule has 20 heavy (non-hydrogen) atoms. The van der Waals surface area contributed by atoms with Crippen LogP contribution in [0.1, 0.15) is 29.6 Å². The molecule has 1 fully saturated rings. The predicted octanol–water partition coefficient (Wildman–Crippen LogP) is 1.23. The number of amides is 1. The van der Waals surface area contributed by atoms with Gasteiger partial charge in [-0.1, -0.05) is 0 Å². The van der Waals surface area contributed by atoms with Gasteiger partial charge in [-0.15, -0.1) is 0 Å². The Morgan fingerprint density at radius 3 is 2.80 bits per heavy atom. The molecule has 1 unspecified atom stereocenters. The third kappa shape index (κ3) is 2.74. The topological polar surface area (TPSA) is 73.7 Å². The highest BCUT2D eigenvalue weighted by Crippen LogP contribution is 2.23. The lowest BCUT2D eigenvalue weighted by atomic mass is 10.0. The quantitative estimate of drug-likeness (QED) is 0.899. The van der Waals surface area contributed by atoms with Crippen molar-refractivity contribution in [1.82, 2.24) is 9.88 Å². The maximum atomic E-state index is 12.6. The first-order valence-corrected chi connectivity index (χ1v) is 6.68. The van der Waals surface area contributed by atoms with Gasteiger partial charge in [-0.05, 0) is 31.4 Å². The van der Waals surface area contributed by atoms with Crippen LogP contribution in [0, 0.1) is 0 Å². The molecule has 0 aliphatic carbocycles. The molecule has 0 radical (unpaired) electrons. The number of carbonyl (C=O) groups excluding carboxylic acids is 1. The maximum Gasteiger partial charge on any atom is 0.326 e. The number of carboxylic acid groups (broad SMARTS) is 1. The number of carboxylic acids is 1. The van der Waals surface area contributed by atoms with Crippen LogP contribution in [-0.4, -0.2) is 53.5 Å². The number of hydrogen-bond acceptors (Lipinski definition) is 4. The molecule has 0 spiro atoms. The number of aromatic nitrogens is 1. The molecule has 1 aromatic heterocycles. The van der Waals surface area contributed by atoms with Crippen LogP contribution >= 0.6 is 0 Å². The lowest BCUT2D eigenvalue weighted by molar-refractivity contribution is -0.143. The average Bonchev–Trinajstić information content (AvgIpc) is 2.46. The highest BCUT2D eigenvalue weighted by Gasteiger charge is 2.33. The van der Waals surface area contributed by atoms with E-state index in [-0.39, 0.29) is 5.91 Å². The van der Waals surface area contributed by atoms with Crippen LogP contribution in [-0.2, 0) is 4.79 Å². The van der Waals surface area contributed by atoms with Crippen molar-refractivity contribution in [1.29, 1.82) is 0 Å². The van der Waals surface area contributed by atoms with Crippen LogP contribution in [0.15, 0.2) is 18.3 Å². The van der Waals surface area contributed by atoms with Crippen molar-refractivity contribution in [2.45, 2.75) is 25.3 Å². The zero-order valence-corrected chi connectivity index (χ0v) is 11.7. The Bertz CT molecular complexity index is 516. The van der Waals surface area contributed by atoms with Crippen LogP contribution in [0.4, 0.5) is 5.82 Å². The number of rotatable bonds is 3. The van der Waals surface area contributed by atoms with Gasteiger partial charge in [0, 0.05) is 26.8 Å². The SMILES string of the molecule is CN(C)c1ncccc1C(=O)N1CCCCC1C(=O)O. The number of anilines is 1. The van der Waals surface area contributed by atoms with E-state index < -0.39 is 12.0 Å². The molecular formula is C14H19N3O3. The van der Waals surface area contributed by atoms with E-state index >= 15 is 0 Å². The highest BCUT2D eigenvalue weighted by molar-refractivity contribution is 6.00. The van der Waals surface area contributed by atoms with Crippen LogP contribution in [0.25, 0.3) is 0 Å². The molecule has 2 rings (SSSR count). The Morgan fingerprint density at radius 1 is 1.40 bits per heavy atom. The molecule has 1 amide bonds. The molecule has 108 valence electrons. The Labute approximate surface area is 118 Å². The van der Waals surface area contributed by atoms with Gasteiger partial charge in [0.15, 0.2) is 0 Å². The third-order valence-electron chi connectivity index (χ3n) is 3.49. The van der Waals surface area contributed by atoms with Gasteiger partial charge < -0.3 is 14.9 Å². The smallest absolute Gasteiger partial charge is 0.326 e. The van der Waals surface area contributed by atoms with Crippen molar-refractivity contribution in [3.8, 4) is 0 Å². The summed E-state index contributed by atoms with van der Waals surface area (Å²) >= 11 is 0. The van der Waals surface area contributed by atoms with Crippen molar-refractivity contribution in [2.75, 3.05) is 25.5 Å². The molecule has 6 heteroatoms. The van der Waals surface area contributed by atoms with E-state index in [1.807, 2.05) is 14.1 Å². The number of likely N-dealkylation sites (tertiary alicyclic amines) is 1. The predicted molar refractivity (Wildman–Crippen MR) is 74.9 cm³/mol. The lowest BCUT2D eigenvalue weighted by Crippen LogP contribution is -2.48. The fourth-order valence-electron chi connectivity index (χ4n) is 2.51. The van der Waals surface area contributed by atoms with E-state index in [1.54, 1.807) is 23.2 Å². The maximum absolute atomic E-state index is 12.6. The monoisotopic (exact) mass is 277 g/mol. The molecule has 1 N–H and O–H groups in total. The summed E-state index contributed by atoms with van der Waals surface area (Å²) in [4.78, 5) is 31.3. The van der Waals surface area contributed by atoms with Gasteiger partial charge in [0.2, 0.25) is 0 Å². The van der Waals surface area contributed by atoms with Crippen molar-refractivity contribution < 1.29 is 14.7 Å². The number of hydrogen-bond donors (Lipinski definition) is 1. The van der Waals surface area contributed by atoms with Crippen molar-refractivity contribution in [3.05, 3.63) is 23.9 Å². The normalized spacial score (nSPS) is 18.7. The lowest BCUT2D eigenvalue weighted by Gasteiger charge is -2.33. The van der Waals surface area contributed by atoms with Crippen molar-refractivity contribution in [3.63, 3.8) is 0 Å². The molecular weight excluding hydrogens is 258 g/mol. The molecule has 1 aromatic rings. The van der Waals surface area contributed by atoms with Crippen LogP contribution in [0.2, 0.25) is 0 Å². The summed E-state index contributed by atoms with van der Waals surface area (Å²) in [6, 6.07) is 2.66. The Morgan fingerprint density at radius 2 is 2.15 bits per heavy atom. The van der Waals surface area contributed by atoms with Crippen molar-refractivity contribution in [2.24, 2.45) is 0 Å². The molecule has 0 aromatic carbocycles. The molecule has 0 saturated carbocycles. The van der Waals surface area contributed by atoms with Gasteiger partial charge in [0.25, 0.3) is 5.91 Å². The van der Waals surface area contributed by atoms with Gasteiger partial charge >= 0.3 is 5.97 Å². The number of carbonyl (C=O) groups is 2. The second-order valence-electron chi connectivity index (χ2n) is 5.12. The zero-order chi connectivity index (χ0) is 14.7. The largest absolute Gasteiger partial charge is 0.480 e. The van der Waals surface area contributed by atoms with Gasteiger partial charge in [0.05, 0.1) is 5.56 Å². The van der Waals surface area contributed by atoms with Gasteiger partial charge in [-0.2, -0.15) is 0 Å². The molecule has 1 atom stereocenters. The highest BCUT2D eigenvalue weighted by atomic mass is 16.4. The van der Waals surface area contributed by atoms with E-state index in [2.05, 4.69) is 4.98 Å². The summed E-state index contributed by atoms with van der Waals surface area (Å²) in [5.74, 6) is -0.630. The number of aliphatic carboxylic acids is 1.